The monoisotopic (exact) mass is 327 g/mol. The predicted molar refractivity (Wildman–Crippen MR) is 77.2 cm³/mol. The number of amides is 1. The molecule has 23 heavy (non-hydrogen) atoms. The number of carbonyl (C=O) groups excluding carboxylic acids is 2. The second-order valence-corrected chi connectivity index (χ2v) is 5.94. The standard InChI is InChI=1S/C15H21NO7/c1-7-8-2-3-10(17)13(21)14(8)23-15(22)9(7)6-11(18)16-5-4-12(19)20/h8,10,13-14,17,21H,2-6H2,1H3,(H,16,18)(H,19,20). The van der Waals surface area contributed by atoms with Gasteiger partial charge in [-0.2, -0.15) is 0 Å². The zero-order valence-electron chi connectivity index (χ0n) is 12.8. The quantitative estimate of drug-likeness (QED) is 0.493. The van der Waals surface area contributed by atoms with Gasteiger partial charge in [-0.25, -0.2) is 4.79 Å². The number of esters is 1. The maximum Gasteiger partial charge on any atom is 0.334 e. The Kier molecular flexibility index (Phi) is 5.38. The van der Waals surface area contributed by atoms with E-state index in [0.29, 0.717) is 18.4 Å². The SMILES string of the molecule is CC1=C(CC(=O)NCCC(=O)O)C(=O)OC2C1CCC(O)C2O. The molecule has 4 atom stereocenters. The maximum atomic E-state index is 12.1. The first-order valence-corrected chi connectivity index (χ1v) is 7.56. The Hall–Kier alpha value is -1.93. The molecule has 1 amide bonds. The van der Waals surface area contributed by atoms with Crippen LogP contribution in [0, 0.1) is 5.92 Å². The molecule has 0 saturated heterocycles. The average molecular weight is 327 g/mol. The van der Waals surface area contributed by atoms with Crippen LogP contribution in [0.15, 0.2) is 11.1 Å². The minimum absolute atomic E-state index is 0.00744. The minimum atomic E-state index is -1.13. The molecule has 0 spiro atoms. The van der Waals surface area contributed by atoms with Gasteiger partial charge in [0, 0.05) is 18.0 Å². The van der Waals surface area contributed by atoms with Crippen LogP contribution in [0.25, 0.3) is 0 Å². The molecule has 0 aromatic heterocycles. The molecule has 8 heteroatoms. The maximum absolute atomic E-state index is 12.1. The smallest absolute Gasteiger partial charge is 0.334 e. The van der Waals surface area contributed by atoms with Gasteiger partial charge in [-0.1, -0.05) is 5.57 Å². The van der Waals surface area contributed by atoms with Crippen molar-refractivity contribution in [2.75, 3.05) is 6.54 Å². The van der Waals surface area contributed by atoms with Crippen molar-refractivity contribution in [2.24, 2.45) is 5.92 Å². The van der Waals surface area contributed by atoms with Crippen LogP contribution in [0.1, 0.15) is 32.6 Å². The van der Waals surface area contributed by atoms with E-state index in [4.69, 9.17) is 9.84 Å². The fourth-order valence-corrected chi connectivity index (χ4v) is 3.08. The van der Waals surface area contributed by atoms with Crippen molar-refractivity contribution in [3.05, 3.63) is 11.1 Å². The summed E-state index contributed by atoms with van der Waals surface area (Å²) in [6, 6.07) is 0. The van der Waals surface area contributed by atoms with Crippen molar-refractivity contribution >= 4 is 17.8 Å². The van der Waals surface area contributed by atoms with Gasteiger partial charge in [-0.15, -0.1) is 0 Å². The molecule has 4 N–H and O–H groups in total. The molecular weight excluding hydrogens is 306 g/mol. The Balaban J connectivity index is 2.05. The Bertz CT molecular complexity index is 542. The average Bonchev–Trinajstić information content (AvgIpc) is 2.47. The topological polar surface area (TPSA) is 133 Å². The molecule has 1 saturated carbocycles. The Morgan fingerprint density at radius 2 is 2.00 bits per heavy atom. The van der Waals surface area contributed by atoms with Crippen LogP contribution in [-0.4, -0.2) is 58.0 Å². The van der Waals surface area contributed by atoms with Gasteiger partial charge in [-0.3, -0.25) is 9.59 Å². The number of aliphatic hydroxyl groups excluding tert-OH is 2. The number of carboxylic acids is 1. The molecule has 2 aliphatic rings. The van der Waals surface area contributed by atoms with E-state index in [1.807, 2.05) is 0 Å². The second kappa shape index (κ2) is 7.10. The van der Waals surface area contributed by atoms with Crippen LogP contribution in [0.5, 0.6) is 0 Å². The molecule has 4 unspecified atom stereocenters. The highest BCUT2D eigenvalue weighted by Gasteiger charge is 2.45. The molecule has 1 heterocycles. The van der Waals surface area contributed by atoms with Gasteiger partial charge in [-0.05, 0) is 19.8 Å². The van der Waals surface area contributed by atoms with Crippen molar-refractivity contribution < 1.29 is 34.4 Å². The van der Waals surface area contributed by atoms with E-state index in [1.165, 1.54) is 0 Å². The second-order valence-electron chi connectivity index (χ2n) is 5.94. The number of nitrogens with one attached hydrogen (secondary N) is 1. The predicted octanol–water partition coefficient (Wildman–Crippen LogP) is -0.659. The third-order valence-electron chi connectivity index (χ3n) is 4.42. The van der Waals surface area contributed by atoms with E-state index in [9.17, 15) is 24.6 Å². The molecular formula is C15H21NO7. The molecule has 1 fully saturated rings. The first-order valence-electron chi connectivity index (χ1n) is 7.56. The number of aliphatic hydroxyl groups is 2. The molecule has 0 radical (unpaired) electrons. The molecule has 0 bridgehead atoms. The van der Waals surface area contributed by atoms with E-state index in [2.05, 4.69) is 5.32 Å². The van der Waals surface area contributed by atoms with Gasteiger partial charge < -0.3 is 25.4 Å². The fourth-order valence-electron chi connectivity index (χ4n) is 3.08. The zero-order valence-corrected chi connectivity index (χ0v) is 12.8. The summed E-state index contributed by atoms with van der Waals surface area (Å²) in [5, 5.41) is 30.6. The molecule has 128 valence electrons. The number of fused-ring (bicyclic) bond motifs is 1. The summed E-state index contributed by atoms with van der Waals surface area (Å²) >= 11 is 0. The van der Waals surface area contributed by atoms with Crippen molar-refractivity contribution in [2.45, 2.75) is 50.9 Å². The summed E-state index contributed by atoms with van der Waals surface area (Å²) < 4.78 is 5.22. The summed E-state index contributed by atoms with van der Waals surface area (Å²) in [6.07, 6.45) is -2.25. The zero-order chi connectivity index (χ0) is 17.1. The Labute approximate surface area is 133 Å². The van der Waals surface area contributed by atoms with Crippen LogP contribution < -0.4 is 5.32 Å². The first-order chi connectivity index (χ1) is 10.8. The number of aliphatic carboxylic acids is 1. The van der Waals surface area contributed by atoms with Crippen LogP contribution >= 0.6 is 0 Å². The van der Waals surface area contributed by atoms with Crippen molar-refractivity contribution in [3.8, 4) is 0 Å². The summed E-state index contributed by atoms with van der Waals surface area (Å²) in [6.45, 7) is 1.72. The molecule has 8 nitrogen and oxygen atoms in total. The van der Waals surface area contributed by atoms with Crippen molar-refractivity contribution in [1.82, 2.24) is 5.32 Å². The molecule has 1 aliphatic carbocycles. The minimum Gasteiger partial charge on any atom is -0.481 e. The third kappa shape index (κ3) is 3.89. The fraction of sp³-hybridized carbons (Fsp3) is 0.667. The summed E-state index contributed by atoms with van der Waals surface area (Å²) in [5.41, 5.74) is 0.924. The Morgan fingerprint density at radius 3 is 2.65 bits per heavy atom. The van der Waals surface area contributed by atoms with Gasteiger partial charge in [0.05, 0.1) is 18.9 Å². The first kappa shape index (κ1) is 17.4. The number of hydrogen-bond donors (Lipinski definition) is 4. The van der Waals surface area contributed by atoms with E-state index < -0.39 is 36.2 Å². The van der Waals surface area contributed by atoms with E-state index in [0.717, 1.165) is 0 Å². The highest BCUT2D eigenvalue weighted by Crippen LogP contribution is 2.38. The lowest BCUT2D eigenvalue weighted by molar-refractivity contribution is -0.170. The Morgan fingerprint density at radius 1 is 1.30 bits per heavy atom. The largest absolute Gasteiger partial charge is 0.481 e. The van der Waals surface area contributed by atoms with Gasteiger partial charge in [0.15, 0.2) is 0 Å². The van der Waals surface area contributed by atoms with Crippen LogP contribution in [-0.2, 0) is 19.1 Å². The number of hydrogen-bond acceptors (Lipinski definition) is 6. The summed E-state index contributed by atoms with van der Waals surface area (Å²) in [7, 11) is 0. The lowest BCUT2D eigenvalue weighted by Gasteiger charge is -2.41. The van der Waals surface area contributed by atoms with E-state index in [1.54, 1.807) is 6.92 Å². The lowest BCUT2D eigenvalue weighted by atomic mass is 9.75. The van der Waals surface area contributed by atoms with Gasteiger partial charge in [0.25, 0.3) is 0 Å². The summed E-state index contributed by atoms with van der Waals surface area (Å²) in [4.78, 5) is 34.3. The number of rotatable bonds is 5. The molecule has 0 aromatic carbocycles. The highest BCUT2D eigenvalue weighted by molar-refractivity contribution is 5.96. The molecule has 2 rings (SSSR count). The summed E-state index contributed by atoms with van der Waals surface area (Å²) in [5.74, 6) is -2.36. The number of carboxylic acid groups (broad SMARTS) is 1. The number of carbonyl (C=O) groups is 3. The van der Waals surface area contributed by atoms with Gasteiger partial charge in [0.2, 0.25) is 5.91 Å². The number of ether oxygens (including phenoxy) is 1. The third-order valence-corrected chi connectivity index (χ3v) is 4.42. The van der Waals surface area contributed by atoms with Crippen LogP contribution in [0.2, 0.25) is 0 Å². The van der Waals surface area contributed by atoms with E-state index >= 15 is 0 Å². The lowest BCUT2D eigenvalue weighted by Crippen LogP contribution is -2.51. The van der Waals surface area contributed by atoms with Crippen LogP contribution in [0.3, 0.4) is 0 Å². The molecule has 0 aromatic rings. The van der Waals surface area contributed by atoms with Crippen molar-refractivity contribution in [1.29, 1.82) is 0 Å². The highest BCUT2D eigenvalue weighted by atomic mass is 16.6. The van der Waals surface area contributed by atoms with Crippen LogP contribution in [0.4, 0.5) is 0 Å². The molecule has 1 aliphatic heterocycles. The van der Waals surface area contributed by atoms with Gasteiger partial charge in [0.1, 0.15) is 12.2 Å². The van der Waals surface area contributed by atoms with Crippen molar-refractivity contribution in [3.63, 3.8) is 0 Å². The van der Waals surface area contributed by atoms with E-state index in [-0.39, 0.29) is 30.9 Å². The van der Waals surface area contributed by atoms with Gasteiger partial charge >= 0.3 is 11.9 Å². The normalized spacial score (nSPS) is 30.5.